The molecule has 0 aromatic carbocycles. The van der Waals surface area contributed by atoms with Crippen LogP contribution in [0.3, 0.4) is 0 Å². The molecular formula is C15H22N2O3. The van der Waals surface area contributed by atoms with Gasteiger partial charge in [0.2, 0.25) is 0 Å². The summed E-state index contributed by atoms with van der Waals surface area (Å²) in [5.74, 6) is -0.246. The number of methoxy groups -OCH3 is 1. The van der Waals surface area contributed by atoms with Gasteiger partial charge in [0.05, 0.1) is 11.7 Å². The number of carboxylic acid groups (broad SMARTS) is 1. The van der Waals surface area contributed by atoms with E-state index in [0.29, 0.717) is 23.5 Å². The second-order valence-corrected chi connectivity index (χ2v) is 5.30. The third-order valence-electron chi connectivity index (χ3n) is 3.70. The maximum absolute atomic E-state index is 11.2. The lowest BCUT2D eigenvalue weighted by Crippen LogP contribution is -2.19. The summed E-state index contributed by atoms with van der Waals surface area (Å²) in [6, 6.07) is 3.58. The van der Waals surface area contributed by atoms with Gasteiger partial charge in [-0.1, -0.05) is 13.3 Å². The number of anilines is 1. The van der Waals surface area contributed by atoms with Crippen molar-refractivity contribution in [1.82, 2.24) is 4.98 Å². The van der Waals surface area contributed by atoms with Crippen molar-refractivity contribution >= 4 is 11.8 Å². The molecule has 0 radical (unpaired) electrons. The fourth-order valence-corrected chi connectivity index (χ4v) is 2.66. The van der Waals surface area contributed by atoms with E-state index in [1.807, 2.05) is 0 Å². The molecule has 2 rings (SSSR count). The summed E-state index contributed by atoms with van der Waals surface area (Å²) in [7, 11) is 1.73. The quantitative estimate of drug-likeness (QED) is 0.837. The fraction of sp³-hybridized carbons (Fsp3) is 0.600. The zero-order chi connectivity index (χ0) is 14.5. The molecule has 5 heteroatoms. The first-order valence-corrected chi connectivity index (χ1v) is 7.16. The summed E-state index contributed by atoms with van der Waals surface area (Å²) < 4.78 is 5.35. The van der Waals surface area contributed by atoms with Crippen molar-refractivity contribution in [3.63, 3.8) is 0 Å². The van der Waals surface area contributed by atoms with E-state index in [1.165, 1.54) is 0 Å². The van der Waals surface area contributed by atoms with E-state index in [-0.39, 0.29) is 0 Å². The molecule has 1 aromatic heterocycles. The first-order valence-electron chi connectivity index (χ1n) is 7.16. The van der Waals surface area contributed by atoms with Gasteiger partial charge in [-0.25, -0.2) is 9.78 Å². The monoisotopic (exact) mass is 278 g/mol. The lowest BCUT2D eigenvalue weighted by atomic mass is 10.1. The van der Waals surface area contributed by atoms with Crippen molar-refractivity contribution in [3.05, 3.63) is 23.4 Å². The van der Waals surface area contributed by atoms with Crippen LogP contribution < -0.4 is 5.32 Å². The number of carbonyl (C=O) groups is 1. The van der Waals surface area contributed by atoms with Crippen molar-refractivity contribution in [2.45, 2.75) is 51.2 Å². The van der Waals surface area contributed by atoms with Gasteiger partial charge < -0.3 is 15.2 Å². The van der Waals surface area contributed by atoms with Crippen molar-refractivity contribution in [2.24, 2.45) is 0 Å². The minimum Gasteiger partial charge on any atom is -0.478 e. The maximum atomic E-state index is 11.2. The predicted octanol–water partition coefficient (Wildman–Crippen LogP) is 2.71. The molecule has 1 aliphatic carbocycles. The molecule has 1 aromatic rings. The van der Waals surface area contributed by atoms with Crippen LogP contribution in [-0.4, -0.2) is 35.3 Å². The summed E-state index contributed by atoms with van der Waals surface area (Å²) in [4.78, 5) is 15.7. The summed E-state index contributed by atoms with van der Waals surface area (Å²) in [6.45, 7) is 2.06. The molecule has 0 saturated heterocycles. The highest BCUT2D eigenvalue weighted by molar-refractivity contribution is 5.88. The van der Waals surface area contributed by atoms with Crippen molar-refractivity contribution in [3.8, 4) is 0 Å². The van der Waals surface area contributed by atoms with Gasteiger partial charge in [-0.3, -0.25) is 0 Å². The topological polar surface area (TPSA) is 71.5 Å². The van der Waals surface area contributed by atoms with Crippen LogP contribution in [0, 0.1) is 0 Å². The number of carboxylic acids is 1. The third kappa shape index (κ3) is 3.70. The van der Waals surface area contributed by atoms with Crippen LogP contribution in [0.1, 0.15) is 48.7 Å². The molecule has 1 heterocycles. The Bertz CT molecular complexity index is 476. The largest absolute Gasteiger partial charge is 0.478 e. The van der Waals surface area contributed by atoms with Gasteiger partial charge in [0.25, 0.3) is 0 Å². The average molecular weight is 278 g/mol. The molecule has 0 aliphatic heterocycles. The normalized spacial score (nSPS) is 21.9. The highest BCUT2D eigenvalue weighted by atomic mass is 16.5. The summed E-state index contributed by atoms with van der Waals surface area (Å²) >= 11 is 0. The highest BCUT2D eigenvalue weighted by Gasteiger charge is 2.24. The van der Waals surface area contributed by atoms with Gasteiger partial charge in [0.15, 0.2) is 0 Å². The molecule has 2 atom stereocenters. The van der Waals surface area contributed by atoms with Gasteiger partial charge in [-0.05, 0) is 37.8 Å². The molecule has 0 amide bonds. The van der Waals surface area contributed by atoms with Crippen molar-refractivity contribution in [1.29, 1.82) is 0 Å². The predicted molar refractivity (Wildman–Crippen MR) is 77.3 cm³/mol. The number of ether oxygens (including phenoxy) is 1. The molecule has 2 unspecified atom stereocenters. The standard InChI is InChI=1S/C15H22N2O3/c1-3-4-11-7-10(15(18)19)8-14(16-11)17-12-5-6-13(9-12)20-2/h7-8,12-13H,3-6,9H2,1-2H3,(H,16,17)(H,18,19). The maximum Gasteiger partial charge on any atom is 0.335 e. The number of pyridine rings is 1. The number of nitrogens with zero attached hydrogens (tertiary/aromatic N) is 1. The second-order valence-electron chi connectivity index (χ2n) is 5.30. The molecule has 20 heavy (non-hydrogen) atoms. The molecule has 0 bridgehead atoms. The number of aromatic carboxylic acids is 1. The third-order valence-corrected chi connectivity index (χ3v) is 3.70. The number of aryl methyl sites for hydroxylation is 1. The van der Waals surface area contributed by atoms with Crippen molar-refractivity contribution in [2.75, 3.05) is 12.4 Å². The molecule has 2 N–H and O–H groups in total. The number of nitrogens with one attached hydrogen (secondary N) is 1. The van der Waals surface area contributed by atoms with E-state index in [0.717, 1.165) is 37.8 Å². The number of hydrogen-bond acceptors (Lipinski definition) is 4. The van der Waals surface area contributed by atoms with E-state index in [9.17, 15) is 4.79 Å². The van der Waals surface area contributed by atoms with Gasteiger partial charge in [-0.15, -0.1) is 0 Å². The first kappa shape index (κ1) is 14.8. The minimum atomic E-state index is -0.908. The first-order chi connectivity index (χ1) is 9.62. The van der Waals surface area contributed by atoms with Gasteiger partial charge in [0.1, 0.15) is 5.82 Å². The number of rotatable bonds is 6. The van der Waals surface area contributed by atoms with Crippen LogP contribution in [0.25, 0.3) is 0 Å². The summed E-state index contributed by atoms with van der Waals surface area (Å²) in [5.41, 5.74) is 1.13. The zero-order valence-electron chi connectivity index (χ0n) is 12.1. The van der Waals surface area contributed by atoms with Crippen LogP contribution >= 0.6 is 0 Å². The zero-order valence-corrected chi connectivity index (χ0v) is 12.1. The number of hydrogen-bond donors (Lipinski definition) is 2. The van der Waals surface area contributed by atoms with Gasteiger partial charge in [-0.2, -0.15) is 0 Å². The van der Waals surface area contributed by atoms with Gasteiger partial charge >= 0.3 is 5.97 Å². The molecular weight excluding hydrogens is 256 g/mol. The lowest BCUT2D eigenvalue weighted by Gasteiger charge is -2.15. The molecule has 1 fully saturated rings. The molecule has 0 spiro atoms. The lowest BCUT2D eigenvalue weighted by molar-refractivity contribution is 0.0696. The Morgan fingerprint density at radius 2 is 2.30 bits per heavy atom. The van der Waals surface area contributed by atoms with E-state index < -0.39 is 5.97 Å². The van der Waals surface area contributed by atoms with E-state index in [1.54, 1.807) is 19.2 Å². The molecule has 110 valence electrons. The van der Waals surface area contributed by atoms with Gasteiger partial charge in [0, 0.05) is 18.8 Å². The summed E-state index contributed by atoms with van der Waals surface area (Å²) in [6.07, 6.45) is 5.05. The second kappa shape index (κ2) is 6.70. The van der Waals surface area contributed by atoms with Crippen molar-refractivity contribution < 1.29 is 14.6 Å². The Hall–Kier alpha value is -1.62. The van der Waals surface area contributed by atoms with Crippen LogP contribution in [-0.2, 0) is 11.2 Å². The number of aromatic nitrogens is 1. The smallest absolute Gasteiger partial charge is 0.335 e. The van der Waals surface area contributed by atoms with Crippen LogP contribution in [0.5, 0.6) is 0 Å². The Balaban J connectivity index is 2.12. The van der Waals surface area contributed by atoms with Crippen LogP contribution in [0.2, 0.25) is 0 Å². The highest BCUT2D eigenvalue weighted by Crippen LogP contribution is 2.25. The Morgan fingerprint density at radius 1 is 1.50 bits per heavy atom. The SMILES string of the molecule is CCCc1cc(C(=O)O)cc(NC2CCC(OC)C2)n1. The molecule has 1 aliphatic rings. The average Bonchev–Trinajstić information content (AvgIpc) is 2.86. The Labute approximate surface area is 119 Å². The Kier molecular flexibility index (Phi) is 4.95. The fourth-order valence-electron chi connectivity index (χ4n) is 2.66. The molecule has 5 nitrogen and oxygen atoms in total. The van der Waals surface area contributed by atoms with Crippen LogP contribution in [0.15, 0.2) is 12.1 Å². The summed E-state index contributed by atoms with van der Waals surface area (Å²) in [5, 5.41) is 12.5. The van der Waals surface area contributed by atoms with E-state index in [4.69, 9.17) is 9.84 Å². The molecule has 1 saturated carbocycles. The van der Waals surface area contributed by atoms with Crippen LogP contribution in [0.4, 0.5) is 5.82 Å². The van der Waals surface area contributed by atoms with E-state index in [2.05, 4.69) is 17.2 Å². The minimum absolute atomic E-state index is 0.297. The van der Waals surface area contributed by atoms with E-state index >= 15 is 0 Å². The Morgan fingerprint density at radius 3 is 2.90 bits per heavy atom.